The molecule has 1 amide bonds. The third-order valence-electron chi connectivity index (χ3n) is 6.71. The van der Waals surface area contributed by atoms with Crippen molar-refractivity contribution in [3.63, 3.8) is 0 Å². The summed E-state index contributed by atoms with van der Waals surface area (Å²) in [5.74, 6) is -2.99. The van der Waals surface area contributed by atoms with Crippen molar-refractivity contribution in [3.8, 4) is 11.6 Å². The first-order valence-electron chi connectivity index (χ1n) is 12.5. The number of hydrogen-bond acceptors (Lipinski definition) is 8. The Morgan fingerprint density at radius 1 is 1.37 bits per heavy atom. The molecule has 0 saturated heterocycles. The zero-order chi connectivity index (χ0) is 31.1. The first-order valence-corrected chi connectivity index (χ1v) is 13.5. The molecular formula is C24H30ClF5N4O6S. The number of carbonyl (C=O) groups excluding carboxylic acids is 1. The number of nitrogens with zero attached hydrogens (tertiary/aromatic N) is 3. The lowest BCUT2D eigenvalue weighted by atomic mass is 9.77. The molecule has 1 saturated carbocycles. The molecule has 1 aliphatic rings. The third kappa shape index (κ3) is 8.90. The fourth-order valence-electron chi connectivity index (χ4n) is 4.36. The van der Waals surface area contributed by atoms with Crippen LogP contribution in [0.5, 0.6) is 5.75 Å². The largest absolute Gasteiger partial charge is 0.431 e. The fourth-order valence-corrected chi connectivity index (χ4v) is 4.66. The predicted octanol–water partition coefficient (Wildman–Crippen LogP) is 3.80. The number of alkyl halides is 5. The zero-order valence-corrected chi connectivity index (χ0v) is 23.8. The van der Waals surface area contributed by atoms with Crippen molar-refractivity contribution in [1.82, 2.24) is 19.9 Å². The summed E-state index contributed by atoms with van der Waals surface area (Å²) >= 11 is 5.68. The molecule has 0 radical (unpaired) electrons. The second kappa shape index (κ2) is 14.5. The molecule has 10 nitrogen and oxygen atoms in total. The highest BCUT2D eigenvalue weighted by molar-refractivity contribution is 7.51. The number of aromatic nitrogens is 3. The maximum absolute atomic E-state index is 13.2. The van der Waals surface area contributed by atoms with Crippen molar-refractivity contribution >= 4 is 29.1 Å². The Morgan fingerprint density at radius 3 is 2.54 bits per heavy atom. The minimum atomic E-state index is -4.49. The Balaban J connectivity index is 0.00000187. The number of nitrogens with one attached hydrogen (secondary N) is 1. The Bertz CT molecular complexity index is 1240. The molecule has 17 heteroatoms. The van der Waals surface area contributed by atoms with E-state index in [1.54, 1.807) is 6.92 Å². The molecule has 3 N–H and O–H groups in total. The van der Waals surface area contributed by atoms with Crippen LogP contribution in [0.25, 0.3) is 5.82 Å². The lowest BCUT2D eigenvalue weighted by molar-refractivity contribution is -0.169. The number of aliphatic hydroxyl groups is 2. The van der Waals surface area contributed by atoms with Gasteiger partial charge in [-0.05, 0) is 43.2 Å². The summed E-state index contributed by atoms with van der Waals surface area (Å²) < 4.78 is 87.6. The minimum Gasteiger partial charge on any atom is -0.431 e. The quantitative estimate of drug-likeness (QED) is 0.354. The Morgan fingerprint density at radius 2 is 2.00 bits per heavy atom. The van der Waals surface area contributed by atoms with Gasteiger partial charge in [-0.2, -0.15) is 30.4 Å². The SMILES string of the molecule is CCc1nc(C(=O)NC[C@@]2(O)CC[C@H](C)C[C@@H]2O)c(Cl)n1-c1ncc(CC(C)C(F)(F)F)cc1OC(F)F.O=S=O. The molecule has 3 rings (SSSR count). The van der Waals surface area contributed by atoms with Crippen LogP contribution in [0, 0.1) is 11.8 Å². The molecule has 1 unspecified atom stereocenters. The molecular weight excluding hydrogens is 603 g/mol. The second-order valence-electron chi connectivity index (χ2n) is 9.80. The minimum absolute atomic E-state index is 0.00933. The zero-order valence-electron chi connectivity index (χ0n) is 22.3. The van der Waals surface area contributed by atoms with Gasteiger partial charge in [-0.3, -0.25) is 9.36 Å². The highest BCUT2D eigenvalue weighted by atomic mass is 35.5. The van der Waals surface area contributed by atoms with E-state index in [0.717, 1.165) is 23.8 Å². The average molecular weight is 633 g/mol. The molecule has 2 heterocycles. The molecule has 0 bridgehead atoms. The van der Waals surface area contributed by atoms with Crippen LogP contribution in [-0.2, 0) is 24.4 Å². The molecule has 0 aromatic carbocycles. The van der Waals surface area contributed by atoms with Crippen LogP contribution < -0.4 is 10.1 Å². The number of carbonyl (C=O) groups is 1. The van der Waals surface area contributed by atoms with E-state index >= 15 is 0 Å². The van der Waals surface area contributed by atoms with Crippen LogP contribution in [-0.4, -0.2) is 70.1 Å². The first-order chi connectivity index (χ1) is 19.1. The van der Waals surface area contributed by atoms with Crippen LogP contribution in [0.4, 0.5) is 22.0 Å². The van der Waals surface area contributed by atoms with Gasteiger partial charge in [0.05, 0.1) is 12.0 Å². The van der Waals surface area contributed by atoms with Crippen molar-refractivity contribution in [3.05, 3.63) is 34.5 Å². The predicted molar refractivity (Wildman–Crippen MR) is 137 cm³/mol. The van der Waals surface area contributed by atoms with Gasteiger partial charge < -0.3 is 20.3 Å². The number of pyridine rings is 1. The van der Waals surface area contributed by atoms with E-state index in [1.807, 2.05) is 6.92 Å². The lowest BCUT2D eigenvalue weighted by Gasteiger charge is -2.39. The van der Waals surface area contributed by atoms with Gasteiger partial charge in [0.15, 0.2) is 17.3 Å². The first kappa shape index (κ1) is 34.5. The maximum atomic E-state index is 13.2. The summed E-state index contributed by atoms with van der Waals surface area (Å²) in [7, 11) is 0. The fraction of sp³-hybridized carbons (Fsp3) is 0.625. The summed E-state index contributed by atoms with van der Waals surface area (Å²) in [5.41, 5.74) is -1.81. The van der Waals surface area contributed by atoms with Gasteiger partial charge in [0.1, 0.15) is 16.6 Å². The smallest absolute Gasteiger partial charge is 0.391 e. The van der Waals surface area contributed by atoms with Crippen LogP contribution in [0.1, 0.15) is 61.9 Å². The van der Waals surface area contributed by atoms with E-state index in [2.05, 4.69) is 20.0 Å². The average Bonchev–Trinajstić information content (AvgIpc) is 3.21. The molecule has 0 aliphatic heterocycles. The molecule has 2 aromatic rings. The van der Waals surface area contributed by atoms with Crippen molar-refractivity contribution in [1.29, 1.82) is 0 Å². The molecule has 2 aromatic heterocycles. The Kier molecular flexibility index (Phi) is 12.2. The summed E-state index contributed by atoms with van der Waals surface area (Å²) in [4.78, 5) is 21.1. The van der Waals surface area contributed by atoms with Gasteiger partial charge in [0.2, 0.25) is 0 Å². The number of amides is 1. The van der Waals surface area contributed by atoms with E-state index in [4.69, 9.17) is 20.0 Å². The van der Waals surface area contributed by atoms with Crippen LogP contribution in [0.2, 0.25) is 5.15 Å². The number of aryl methyl sites for hydroxylation is 1. The molecule has 4 atom stereocenters. The topological polar surface area (TPSA) is 144 Å². The molecule has 1 aliphatic carbocycles. The number of halogens is 6. The number of hydrogen-bond donors (Lipinski definition) is 3. The summed E-state index contributed by atoms with van der Waals surface area (Å²) in [6, 6.07) is 1.02. The summed E-state index contributed by atoms with van der Waals surface area (Å²) in [5, 5.41) is 23.3. The Hall–Kier alpha value is -2.69. The molecule has 230 valence electrons. The number of ether oxygens (including phenoxy) is 1. The Labute approximate surface area is 240 Å². The van der Waals surface area contributed by atoms with E-state index in [0.29, 0.717) is 12.8 Å². The van der Waals surface area contributed by atoms with Crippen LogP contribution >= 0.6 is 11.6 Å². The molecule has 1 fully saturated rings. The molecule has 41 heavy (non-hydrogen) atoms. The second-order valence-corrected chi connectivity index (χ2v) is 10.3. The standard InChI is InChI=1S/C24H30ClF5N4O4.O2S/c1-4-17-33-18(21(36)32-11-23(37)6-5-12(2)7-16(23)35)19(25)34(17)20-15(38-22(26)27)9-14(10-31-20)8-13(3)24(28,29)30;1-3-2/h9-10,12-13,16,22,35,37H,4-8,11H2,1-3H3,(H,32,36);/t12-,13?,16-,23-;/m0./s1. The number of rotatable bonds is 9. The normalized spacial score (nSPS) is 21.6. The number of aliphatic hydroxyl groups excluding tert-OH is 1. The molecule has 0 spiro atoms. The van der Waals surface area contributed by atoms with Crippen molar-refractivity contribution in [2.45, 2.75) is 77.4 Å². The van der Waals surface area contributed by atoms with E-state index in [-0.39, 0.29) is 53.4 Å². The van der Waals surface area contributed by atoms with Gasteiger partial charge in [0.25, 0.3) is 5.91 Å². The summed E-state index contributed by atoms with van der Waals surface area (Å²) in [6.45, 7) is 0.980. The summed E-state index contributed by atoms with van der Waals surface area (Å²) in [6.07, 6.45) is -3.48. The van der Waals surface area contributed by atoms with E-state index in [9.17, 15) is 37.0 Å². The van der Waals surface area contributed by atoms with Crippen molar-refractivity contribution in [2.75, 3.05) is 6.54 Å². The van der Waals surface area contributed by atoms with E-state index in [1.165, 1.54) is 0 Å². The third-order valence-corrected chi connectivity index (χ3v) is 7.06. The maximum Gasteiger partial charge on any atom is 0.391 e. The van der Waals surface area contributed by atoms with Gasteiger partial charge in [-0.15, -0.1) is 0 Å². The lowest BCUT2D eigenvalue weighted by Crippen LogP contribution is -2.54. The monoisotopic (exact) mass is 632 g/mol. The van der Waals surface area contributed by atoms with Gasteiger partial charge in [-0.1, -0.05) is 32.4 Å². The van der Waals surface area contributed by atoms with Crippen molar-refractivity contribution in [2.24, 2.45) is 11.8 Å². The van der Waals surface area contributed by atoms with E-state index < -0.39 is 60.1 Å². The van der Waals surface area contributed by atoms with Gasteiger partial charge >= 0.3 is 24.4 Å². The van der Waals surface area contributed by atoms with Gasteiger partial charge in [0, 0.05) is 19.2 Å². The highest BCUT2D eigenvalue weighted by Crippen LogP contribution is 2.34. The van der Waals surface area contributed by atoms with Crippen LogP contribution in [0.3, 0.4) is 0 Å². The number of imidazole rings is 1. The van der Waals surface area contributed by atoms with Gasteiger partial charge in [-0.25, -0.2) is 9.97 Å². The highest BCUT2D eigenvalue weighted by Gasteiger charge is 2.41. The van der Waals surface area contributed by atoms with Crippen molar-refractivity contribution < 1.29 is 50.1 Å². The van der Waals surface area contributed by atoms with Crippen LogP contribution in [0.15, 0.2) is 12.3 Å².